The predicted octanol–water partition coefficient (Wildman–Crippen LogP) is 2.15. The number of hydrogen-bond acceptors (Lipinski definition) is 5. The molecule has 1 unspecified atom stereocenters. The Hall–Kier alpha value is -2.21. The van der Waals surface area contributed by atoms with Gasteiger partial charge in [-0.05, 0) is 58.5 Å². The lowest BCUT2D eigenvalue weighted by molar-refractivity contribution is 0.346. The number of aromatic nitrogens is 3. The number of rotatable bonds is 4. The van der Waals surface area contributed by atoms with Crippen molar-refractivity contribution >= 4 is 5.95 Å². The third-order valence-corrected chi connectivity index (χ3v) is 5.05. The van der Waals surface area contributed by atoms with Crippen LogP contribution in [0.15, 0.2) is 35.4 Å². The van der Waals surface area contributed by atoms with Crippen molar-refractivity contribution in [2.45, 2.75) is 32.2 Å². The molecule has 0 spiro atoms. The van der Waals surface area contributed by atoms with Gasteiger partial charge in [0.1, 0.15) is 0 Å². The van der Waals surface area contributed by atoms with Crippen molar-refractivity contribution in [3.63, 3.8) is 0 Å². The first-order valence-corrected chi connectivity index (χ1v) is 9.03. The van der Waals surface area contributed by atoms with E-state index in [0.29, 0.717) is 11.7 Å². The van der Waals surface area contributed by atoms with Crippen molar-refractivity contribution in [3.05, 3.63) is 40.9 Å². The van der Waals surface area contributed by atoms with Crippen LogP contribution in [-0.2, 0) is 7.05 Å². The smallest absolute Gasteiger partial charge is 0.255 e. The van der Waals surface area contributed by atoms with Crippen LogP contribution in [0.3, 0.4) is 0 Å². The van der Waals surface area contributed by atoms with Crippen LogP contribution >= 0.6 is 0 Å². The van der Waals surface area contributed by atoms with E-state index in [-0.39, 0.29) is 5.56 Å². The molecule has 134 valence electrons. The third-order valence-electron chi connectivity index (χ3n) is 5.05. The van der Waals surface area contributed by atoms with Gasteiger partial charge >= 0.3 is 0 Å². The molecule has 3 rings (SSSR count). The van der Waals surface area contributed by atoms with Crippen LogP contribution in [-0.4, -0.2) is 52.2 Å². The lowest BCUT2D eigenvalue weighted by Gasteiger charge is -2.32. The van der Waals surface area contributed by atoms with E-state index < -0.39 is 0 Å². The van der Waals surface area contributed by atoms with Gasteiger partial charge in [0.2, 0.25) is 5.95 Å². The summed E-state index contributed by atoms with van der Waals surface area (Å²) in [5.74, 6) is 0.761. The Bertz CT molecular complexity index is 758. The van der Waals surface area contributed by atoms with Gasteiger partial charge in [0.25, 0.3) is 5.56 Å². The highest BCUT2D eigenvalue weighted by atomic mass is 16.1. The molecule has 1 aliphatic heterocycles. The highest BCUT2D eigenvalue weighted by molar-refractivity contribution is 5.59. The zero-order chi connectivity index (χ0) is 17.8. The molecule has 1 saturated heterocycles. The van der Waals surface area contributed by atoms with Gasteiger partial charge in [0, 0.05) is 43.7 Å². The van der Waals surface area contributed by atoms with E-state index in [1.165, 1.54) is 6.42 Å². The van der Waals surface area contributed by atoms with E-state index in [4.69, 9.17) is 4.98 Å². The van der Waals surface area contributed by atoms with Crippen molar-refractivity contribution in [2.75, 3.05) is 31.6 Å². The second kappa shape index (κ2) is 7.78. The molecule has 6 nitrogen and oxygen atoms in total. The van der Waals surface area contributed by atoms with Crippen LogP contribution < -0.4 is 10.5 Å². The number of anilines is 1. The largest absolute Gasteiger partial charge is 0.339 e. The van der Waals surface area contributed by atoms with Gasteiger partial charge in [-0.2, -0.15) is 0 Å². The first-order chi connectivity index (χ1) is 12.1. The second-order valence-corrected chi connectivity index (χ2v) is 6.75. The summed E-state index contributed by atoms with van der Waals surface area (Å²) in [5.41, 5.74) is 1.61. The molecule has 1 aliphatic rings. The van der Waals surface area contributed by atoms with E-state index in [1.54, 1.807) is 23.0 Å². The van der Waals surface area contributed by atoms with Gasteiger partial charge in [-0.15, -0.1) is 0 Å². The van der Waals surface area contributed by atoms with Crippen molar-refractivity contribution in [3.8, 4) is 11.3 Å². The predicted molar refractivity (Wildman–Crippen MR) is 101 cm³/mol. The summed E-state index contributed by atoms with van der Waals surface area (Å²) in [6.45, 7) is 5.20. The Kier molecular flexibility index (Phi) is 5.48. The minimum absolute atomic E-state index is 0.0268. The average molecular weight is 341 g/mol. The Morgan fingerprint density at radius 1 is 1.20 bits per heavy atom. The van der Waals surface area contributed by atoms with Crippen molar-refractivity contribution in [1.29, 1.82) is 0 Å². The Morgan fingerprint density at radius 2 is 1.96 bits per heavy atom. The molecular weight excluding hydrogens is 314 g/mol. The van der Waals surface area contributed by atoms with Crippen LogP contribution in [0.2, 0.25) is 0 Å². The van der Waals surface area contributed by atoms with Crippen LogP contribution in [0.25, 0.3) is 11.3 Å². The average Bonchev–Trinajstić information content (AvgIpc) is 2.84. The summed E-state index contributed by atoms with van der Waals surface area (Å²) in [4.78, 5) is 26.1. The zero-order valence-electron chi connectivity index (χ0n) is 15.4. The van der Waals surface area contributed by atoms with Gasteiger partial charge in [-0.3, -0.25) is 14.3 Å². The summed E-state index contributed by atoms with van der Waals surface area (Å²) >= 11 is 0. The number of hydrogen-bond donors (Lipinski definition) is 0. The summed E-state index contributed by atoms with van der Waals surface area (Å²) < 4.78 is 1.67. The Morgan fingerprint density at radius 3 is 2.68 bits per heavy atom. The molecule has 6 heteroatoms. The first kappa shape index (κ1) is 17.6. The second-order valence-electron chi connectivity index (χ2n) is 6.75. The maximum Gasteiger partial charge on any atom is 0.255 e. The molecule has 0 radical (unpaired) electrons. The molecule has 0 saturated carbocycles. The molecule has 3 heterocycles. The molecular formula is C19H27N5O. The quantitative estimate of drug-likeness (QED) is 0.853. The van der Waals surface area contributed by atoms with Crippen LogP contribution in [0.4, 0.5) is 5.95 Å². The van der Waals surface area contributed by atoms with Crippen LogP contribution in [0.1, 0.15) is 26.2 Å². The normalized spacial score (nSPS) is 18.8. The molecule has 2 aromatic heterocycles. The highest BCUT2D eigenvalue weighted by Gasteiger charge is 2.24. The molecule has 25 heavy (non-hydrogen) atoms. The van der Waals surface area contributed by atoms with Crippen molar-refractivity contribution < 1.29 is 0 Å². The zero-order valence-corrected chi connectivity index (χ0v) is 15.4. The molecule has 0 aliphatic carbocycles. The molecule has 0 aromatic carbocycles. The molecule has 0 bridgehead atoms. The molecule has 0 amide bonds. The number of pyridine rings is 1. The van der Waals surface area contributed by atoms with E-state index in [9.17, 15) is 4.79 Å². The standard InChI is InChI=1S/C19H27N5O/c1-4-24(16-6-5-12-22(2)13-9-16)19-21-17(14-18(25)23(19)3)15-7-10-20-11-8-15/h7-8,10-11,14,16H,4-6,9,12-13H2,1-3H3. The van der Waals surface area contributed by atoms with Crippen molar-refractivity contribution in [2.24, 2.45) is 7.05 Å². The summed E-state index contributed by atoms with van der Waals surface area (Å²) in [5, 5.41) is 0. The number of nitrogens with zero attached hydrogens (tertiary/aromatic N) is 5. The maximum absolute atomic E-state index is 12.5. The third kappa shape index (κ3) is 3.90. The minimum atomic E-state index is -0.0268. The first-order valence-electron chi connectivity index (χ1n) is 9.03. The number of likely N-dealkylation sites (tertiary alicyclic amines) is 1. The fourth-order valence-electron chi connectivity index (χ4n) is 3.55. The summed E-state index contributed by atoms with van der Waals surface area (Å²) in [7, 11) is 3.99. The van der Waals surface area contributed by atoms with Gasteiger partial charge in [-0.1, -0.05) is 0 Å². The Labute approximate surface area is 149 Å². The SMILES string of the molecule is CCN(c1nc(-c2ccncc2)cc(=O)n1C)C1CCCN(C)CC1. The van der Waals surface area contributed by atoms with Gasteiger partial charge in [0.05, 0.1) is 5.69 Å². The lowest BCUT2D eigenvalue weighted by Crippen LogP contribution is -2.40. The van der Waals surface area contributed by atoms with Gasteiger partial charge < -0.3 is 9.80 Å². The fraction of sp³-hybridized carbons (Fsp3) is 0.526. The monoisotopic (exact) mass is 341 g/mol. The van der Waals surface area contributed by atoms with E-state index in [2.05, 4.69) is 28.8 Å². The topological polar surface area (TPSA) is 54.3 Å². The van der Waals surface area contributed by atoms with Crippen LogP contribution in [0, 0.1) is 0 Å². The lowest BCUT2D eigenvalue weighted by atomic mass is 10.1. The Balaban J connectivity index is 1.99. The van der Waals surface area contributed by atoms with Crippen molar-refractivity contribution in [1.82, 2.24) is 19.4 Å². The van der Waals surface area contributed by atoms with E-state index in [1.807, 2.05) is 19.2 Å². The fourth-order valence-corrected chi connectivity index (χ4v) is 3.55. The maximum atomic E-state index is 12.5. The van der Waals surface area contributed by atoms with E-state index >= 15 is 0 Å². The van der Waals surface area contributed by atoms with Crippen LogP contribution in [0.5, 0.6) is 0 Å². The molecule has 1 fully saturated rings. The van der Waals surface area contributed by atoms with E-state index in [0.717, 1.165) is 44.0 Å². The molecule has 2 aromatic rings. The summed E-state index contributed by atoms with van der Waals surface area (Å²) in [6, 6.07) is 5.80. The molecule has 1 atom stereocenters. The van der Waals surface area contributed by atoms with Gasteiger partial charge in [0.15, 0.2) is 0 Å². The summed E-state index contributed by atoms with van der Waals surface area (Å²) in [6.07, 6.45) is 6.86. The minimum Gasteiger partial charge on any atom is -0.339 e. The molecule has 0 N–H and O–H groups in total. The van der Waals surface area contributed by atoms with Gasteiger partial charge in [-0.25, -0.2) is 4.98 Å². The highest BCUT2D eigenvalue weighted by Crippen LogP contribution is 2.23.